The summed E-state index contributed by atoms with van der Waals surface area (Å²) >= 11 is -3.21. The Bertz CT molecular complexity index is 19.1. The molecule has 5 heteroatoms. The van der Waals surface area contributed by atoms with E-state index in [1.54, 1.807) is 0 Å². The Hall–Kier alpha value is 1.90. The van der Waals surface area contributed by atoms with Gasteiger partial charge < -0.3 is 0 Å². The van der Waals surface area contributed by atoms with Crippen molar-refractivity contribution >= 4 is 36.8 Å². The summed E-state index contributed by atoms with van der Waals surface area (Å²) in [7, 11) is 20.1. The Morgan fingerprint density at radius 2 is 0.800 bits per heavy atom. The second kappa shape index (κ2) is 2.27. The average Bonchev–Trinajstić information content (AvgIpc) is 0.722. The maximum absolute atomic E-state index is 5.03. The van der Waals surface area contributed by atoms with Gasteiger partial charge in [-0.25, -0.2) is 0 Å². The van der Waals surface area contributed by atoms with Gasteiger partial charge in [0, 0.05) is 0 Å². The molecule has 0 rings (SSSR count). The number of hydrogen-bond acceptors (Lipinski definition) is 0. The molecule has 0 heterocycles. The van der Waals surface area contributed by atoms with E-state index in [1.165, 1.54) is 0 Å². The van der Waals surface area contributed by atoms with Crippen LogP contribution in [0, 0.1) is 0 Å². The average molecular weight is 235 g/mol. The minimum atomic E-state index is -3.21. The van der Waals surface area contributed by atoms with Crippen molar-refractivity contribution in [2.75, 3.05) is 0 Å². The zero-order valence-corrected chi connectivity index (χ0v) is 7.18. The van der Waals surface area contributed by atoms with Crippen LogP contribution in [0.2, 0.25) is 0 Å². The van der Waals surface area contributed by atoms with Crippen molar-refractivity contribution in [3.8, 4) is 0 Å². The van der Waals surface area contributed by atoms with Crippen LogP contribution in [-0.4, -0.2) is 0 Å². The van der Waals surface area contributed by atoms with Crippen molar-refractivity contribution in [1.29, 1.82) is 0 Å². The zero-order valence-electron chi connectivity index (χ0n) is 1.96. The van der Waals surface area contributed by atoms with Crippen LogP contribution in [-0.2, 0) is 12.8 Å². The van der Waals surface area contributed by atoms with Crippen molar-refractivity contribution in [3.63, 3.8) is 0 Å². The first-order chi connectivity index (χ1) is 2.00. The molecule has 0 saturated carbocycles. The van der Waals surface area contributed by atoms with Crippen LogP contribution in [0.15, 0.2) is 0 Å². The predicted molar refractivity (Wildman–Crippen MR) is 23.4 cm³/mol. The van der Waals surface area contributed by atoms with Crippen molar-refractivity contribution in [3.05, 3.63) is 0 Å². The Kier molecular flexibility index (Phi) is 3.13. The molecule has 0 fully saturated rings. The molecule has 0 saturated heterocycles. The van der Waals surface area contributed by atoms with E-state index in [2.05, 4.69) is 0 Å². The molecule has 0 unspecified atom stereocenters. The van der Waals surface area contributed by atoms with Gasteiger partial charge in [0.25, 0.3) is 0 Å². The molecule has 0 aromatic carbocycles. The van der Waals surface area contributed by atoms with E-state index in [-0.39, 0.29) is 0 Å². The summed E-state index contributed by atoms with van der Waals surface area (Å²) in [6.45, 7) is 0. The number of hydrogen-bond donors (Lipinski definition) is 0. The third-order valence-electron chi connectivity index (χ3n) is 0. The molecule has 0 aromatic heterocycles. The Morgan fingerprint density at radius 1 is 0.800 bits per heavy atom. The second-order valence-electron chi connectivity index (χ2n) is 0.383. The van der Waals surface area contributed by atoms with Crippen molar-refractivity contribution in [1.82, 2.24) is 0 Å². The molecule has 0 nitrogen and oxygen atoms in total. The first-order valence-electron chi connectivity index (χ1n) is 0.676. The predicted octanol–water partition coefficient (Wildman–Crippen LogP) is 2.76. The molecule has 0 bridgehead atoms. The molecule has 0 aliphatic carbocycles. The second-order valence-corrected chi connectivity index (χ2v) is 20.4. The fourth-order valence-corrected chi connectivity index (χ4v) is 0. The van der Waals surface area contributed by atoms with Gasteiger partial charge in [-0.2, -0.15) is 0 Å². The first kappa shape index (κ1) is 6.90. The van der Waals surface area contributed by atoms with Crippen molar-refractivity contribution < 1.29 is 12.8 Å². The van der Waals surface area contributed by atoms with Crippen LogP contribution in [0.25, 0.3) is 0 Å². The van der Waals surface area contributed by atoms with Gasteiger partial charge >= 0.3 is 49.6 Å². The maximum atomic E-state index is 5.03. The monoisotopic (exact) mass is 233 g/mol. The molecular formula is Cl4Nb. The van der Waals surface area contributed by atoms with Gasteiger partial charge in [0.15, 0.2) is 0 Å². The summed E-state index contributed by atoms with van der Waals surface area (Å²) in [6, 6.07) is 0. The molecule has 33 valence electrons. The normalized spacial score (nSPS) is 12.0. The molecular weight excluding hydrogens is 235 g/mol. The number of rotatable bonds is 0. The van der Waals surface area contributed by atoms with E-state index >= 15 is 0 Å². The third kappa shape index (κ3) is 24.9. The van der Waals surface area contributed by atoms with Crippen LogP contribution in [0.3, 0.4) is 0 Å². The van der Waals surface area contributed by atoms with E-state index in [0.717, 1.165) is 0 Å². The van der Waals surface area contributed by atoms with Gasteiger partial charge in [0.2, 0.25) is 0 Å². The van der Waals surface area contributed by atoms with Crippen molar-refractivity contribution in [2.24, 2.45) is 0 Å². The fraction of sp³-hybridized carbons (Fsp3) is 0. The third-order valence-corrected chi connectivity index (χ3v) is 0. The van der Waals surface area contributed by atoms with Gasteiger partial charge in [-0.15, -0.1) is 0 Å². The Labute approximate surface area is 49.2 Å². The van der Waals surface area contributed by atoms with E-state index < -0.39 is 12.8 Å². The summed E-state index contributed by atoms with van der Waals surface area (Å²) < 4.78 is 0. The molecule has 0 aliphatic rings. The molecule has 5 heavy (non-hydrogen) atoms. The van der Waals surface area contributed by atoms with Gasteiger partial charge in [0.05, 0.1) is 0 Å². The van der Waals surface area contributed by atoms with Gasteiger partial charge in [-0.1, -0.05) is 0 Å². The van der Waals surface area contributed by atoms with Crippen LogP contribution >= 0.6 is 36.8 Å². The molecule has 0 atom stereocenters. The van der Waals surface area contributed by atoms with Crippen LogP contribution < -0.4 is 0 Å². The zero-order chi connectivity index (χ0) is 4.50. The van der Waals surface area contributed by atoms with Gasteiger partial charge in [-0.05, 0) is 0 Å². The molecule has 0 amide bonds. The molecule has 0 N–H and O–H groups in total. The number of halogens is 4. The van der Waals surface area contributed by atoms with Gasteiger partial charge in [0.1, 0.15) is 0 Å². The van der Waals surface area contributed by atoms with Crippen molar-refractivity contribution in [2.45, 2.75) is 0 Å². The van der Waals surface area contributed by atoms with E-state index in [0.29, 0.717) is 0 Å². The Morgan fingerprint density at radius 3 is 0.800 bits per heavy atom. The summed E-state index contributed by atoms with van der Waals surface area (Å²) in [4.78, 5) is 0. The van der Waals surface area contributed by atoms with Gasteiger partial charge in [-0.3, -0.25) is 0 Å². The molecule has 0 spiro atoms. The van der Waals surface area contributed by atoms with E-state index in [1.807, 2.05) is 0 Å². The quantitative estimate of drug-likeness (QED) is 0.566. The summed E-state index contributed by atoms with van der Waals surface area (Å²) in [5.74, 6) is 0. The Balaban J connectivity index is 3.02. The molecule has 0 aromatic rings. The minimum absolute atomic E-state index is 3.21. The van der Waals surface area contributed by atoms with E-state index in [4.69, 9.17) is 36.8 Å². The SMILES string of the molecule is [Cl][Nb]([Cl])([Cl])[Cl]. The molecule has 0 aliphatic heterocycles. The van der Waals surface area contributed by atoms with E-state index in [9.17, 15) is 0 Å². The summed E-state index contributed by atoms with van der Waals surface area (Å²) in [5.41, 5.74) is 0. The summed E-state index contributed by atoms with van der Waals surface area (Å²) in [5, 5.41) is 0. The molecule has 0 radical (unpaired) electrons. The first-order valence-corrected chi connectivity index (χ1v) is 12.0. The topological polar surface area (TPSA) is 0 Å². The standard InChI is InChI=1S/4ClH.Nb/h4*1H;/q;;;;+4/p-4. The van der Waals surface area contributed by atoms with Crippen LogP contribution in [0.1, 0.15) is 0 Å². The fourth-order valence-electron chi connectivity index (χ4n) is 0. The van der Waals surface area contributed by atoms with Crippen LogP contribution in [0.5, 0.6) is 0 Å². The van der Waals surface area contributed by atoms with Crippen LogP contribution in [0.4, 0.5) is 0 Å². The summed E-state index contributed by atoms with van der Waals surface area (Å²) in [6.07, 6.45) is 0.